The van der Waals surface area contributed by atoms with Crippen LogP contribution < -0.4 is 10.2 Å². The lowest BCUT2D eigenvalue weighted by Crippen LogP contribution is -2.31. The molecule has 0 aromatic carbocycles. The van der Waals surface area contributed by atoms with Gasteiger partial charge in [0, 0.05) is 31.3 Å². The highest BCUT2D eigenvalue weighted by molar-refractivity contribution is 7.09. The zero-order valence-electron chi connectivity index (χ0n) is 14.7. The summed E-state index contributed by atoms with van der Waals surface area (Å²) in [5.74, 6) is 0.765. The Morgan fingerprint density at radius 1 is 1.48 bits per heavy atom. The molecule has 0 aliphatic carbocycles. The minimum atomic E-state index is -0.125. The van der Waals surface area contributed by atoms with Crippen molar-refractivity contribution >= 4 is 23.1 Å². The molecule has 2 aromatic heterocycles. The second-order valence-electron chi connectivity index (χ2n) is 6.15. The van der Waals surface area contributed by atoms with Crippen LogP contribution in [0.1, 0.15) is 41.3 Å². The Hall–Kier alpha value is -1.99. The molecule has 7 heteroatoms. The van der Waals surface area contributed by atoms with Crippen molar-refractivity contribution in [2.45, 2.75) is 39.3 Å². The van der Waals surface area contributed by atoms with Gasteiger partial charge in [-0.05, 0) is 31.9 Å². The number of carbonyl (C=O) groups is 1. The highest BCUT2D eigenvalue weighted by Crippen LogP contribution is 2.16. The number of carbonyl (C=O) groups excluding carboxylic acids is 1. The van der Waals surface area contributed by atoms with Crippen molar-refractivity contribution in [3.63, 3.8) is 0 Å². The van der Waals surface area contributed by atoms with Crippen molar-refractivity contribution in [1.82, 2.24) is 15.3 Å². The second kappa shape index (κ2) is 8.40. The van der Waals surface area contributed by atoms with Crippen LogP contribution in [-0.4, -0.2) is 41.7 Å². The Labute approximate surface area is 152 Å². The number of pyridine rings is 1. The quantitative estimate of drug-likeness (QED) is 0.888. The summed E-state index contributed by atoms with van der Waals surface area (Å²) in [4.78, 5) is 23.4. The SMILES string of the molecule is CCc1csc(CNC(=O)c2ccc(N3CCCO[C@H](C)C3)nc2)n1. The number of nitrogens with one attached hydrogen (secondary N) is 1. The van der Waals surface area contributed by atoms with Gasteiger partial charge in [-0.1, -0.05) is 6.92 Å². The van der Waals surface area contributed by atoms with Crippen LogP contribution in [0.2, 0.25) is 0 Å². The first-order chi connectivity index (χ1) is 12.2. The summed E-state index contributed by atoms with van der Waals surface area (Å²) in [7, 11) is 0. The Morgan fingerprint density at radius 3 is 3.08 bits per heavy atom. The van der Waals surface area contributed by atoms with E-state index in [0.717, 1.165) is 49.1 Å². The fourth-order valence-corrected chi connectivity index (χ4v) is 3.58. The zero-order valence-corrected chi connectivity index (χ0v) is 15.5. The summed E-state index contributed by atoms with van der Waals surface area (Å²) < 4.78 is 5.66. The Bertz CT molecular complexity index is 701. The molecule has 1 aliphatic heterocycles. The standard InChI is InChI=1S/C18H24N4O2S/c1-3-15-12-25-17(21-15)10-20-18(23)14-5-6-16(19-9-14)22-7-4-8-24-13(2)11-22/h5-6,9,12-13H,3-4,7-8,10-11H2,1-2H3,(H,20,23)/t13-/m1/s1. The average molecular weight is 360 g/mol. The van der Waals surface area contributed by atoms with Crippen LogP contribution in [0.4, 0.5) is 5.82 Å². The van der Waals surface area contributed by atoms with Gasteiger partial charge in [-0.25, -0.2) is 9.97 Å². The van der Waals surface area contributed by atoms with Gasteiger partial charge in [0.15, 0.2) is 0 Å². The molecule has 0 bridgehead atoms. The molecule has 0 saturated carbocycles. The van der Waals surface area contributed by atoms with E-state index < -0.39 is 0 Å². The molecule has 0 radical (unpaired) electrons. The molecule has 3 rings (SSSR count). The van der Waals surface area contributed by atoms with Crippen molar-refractivity contribution in [3.05, 3.63) is 40.0 Å². The fraction of sp³-hybridized carbons (Fsp3) is 0.500. The van der Waals surface area contributed by atoms with Gasteiger partial charge in [0.1, 0.15) is 10.8 Å². The summed E-state index contributed by atoms with van der Waals surface area (Å²) >= 11 is 1.57. The number of aromatic nitrogens is 2. The molecule has 6 nitrogen and oxygen atoms in total. The van der Waals surface area contributed by atoms with Crippen LogP contribution in [0.5, 0.6) is 0 Å². The number of nitrogens with zero attached hydrogens (tertiary/aromatic N) is 3. The Kier molecular flexibility index (Phi) is 5.99. The third-order valence-corrected chi connectivity index (χ3v) is 5.05. The number of ether oxygens (including phenoxy) is 1. The highest BCUT2D eigenvalue weighted by atomic mass is 32.1. The van der Waals surface area contributed by atoms with Gasteiger partial charge in [-0.3, -0.25) is 4.79 Å². The molecule has 25 heavy (non-hydrogen) atoms. The van der Waals surface area contributed by atoms with E-state index in [2.05, 4.69) is 34.0 Å². The predicted octanol–water partition coefficient (Wildman–Crippen LogP) is 2.65. The molecule has 1 fully saturated rings. The van der Waals surface area contributed by atoms with Crippen molar-refractivity contribution in [2.24, 2.45) is 0 Å². The van der Waals surface area contributed by atoms with Crippen molar-refractivity contribution in [1.29, 1.82) is 0 Å². The number of anilines is 1. The molecule has 0 spiro atoms. The monoisotopic (exact) mass is 360 g/mol. The summed E-state index contributed by atoms with van der Waals surface area (Å²) in [5.41, 5.74) is 1.63. The third-order valence-electron chi connectivity index (χ3n) is 4.15. The maximum atomic E-state index is 12.3. The largest absolute Gasteiger partial charge is 0.377 e. The molecule has 1 aliphatic rings. The van der Waals surface area contributed by atoms with Crippen LogP contribution in [0.3, 0.4) is 0 Å². The van der Waals surface area contributed by atoms with Gasteiger partial charge < -0.3 is 15.0 Å². The minimum Gasteiger partial charge on any atom is -0.377 e. The van der Waals surface area contributed by atoms with Crippen molar-refractivity contribution in [2.75, 3.05) is 24.6 Å². The van der Waals surface area contributed by atoms with Crippen LogP contribution in [0.25, 0.3) is 0 Å². The number of amides is 1. The molecule has 134 valence electrons. The number of hydrogen-bond acceptors (Lipinski definition) is 6. The van der Waals surface area contributed by atoms with Gasteiger partial charge in [0.25, 0.3) is 5.91 Å². The van der Waals surface area contributed by atoms with Gasteiger partial charge >= 0.3 is 0 Å². The first-order valence-electron chi connectivity index (χ1n) is 8.69. The Balaban J connectivity index is 1.58. The Morgan fingerprint density at radius 2 is 2.36 bits per heavy atom. The van der Waals surface area contributed by atoms with Gasteiger partial charge in [-0.2, -0.15) is 0 Å². The van der Waals surface area contributed by atoms with E-state index in [0.29, 0.717) is 12.1 Å². The molecular formula is C18H24N4O2S. The number of thiazole rings is 1. The van der Waals surface area contributed by atoms with E-state index in [9.17, 15) is 4.79 Å². The molecule has 1 atom stereocenters. The van der Waals surface area contributed by atoms with E-state index >= 15 is 0 Å². The molecule has 1 saturated heterocycles. The van der Waals surface area contributed by atoms with E-state index in [1.165, 1.54) is 0 Å². The van der Waals surface area contributed by atoms with E-state index in [-0.39, 0.29) is 12.0 Å². The van der Waals surface area contributed by atoms with Gasteiger partial charge in [-0.15, -0.1) is 11.3 Å². The van der Waals surface area contributed by atoms with Gasteiger partial charge in [0.05, 0.1) is 23.9 Å². The van der Waals surface area contributed by atoms with Crippen molar-refractivity contribution in [3.8, 4) is 0 Å². The molecule has 1 N–H and O–H groups in total. The fourth-order valence-electron chi connectivity index (χ4n) is 2.76. The van der Waals surface area contributed by atoms with Crippen molar-refractivity contribution < 1.29 is 9.53 Å². The highest BCUT2D eigenvalue weighted by Gasteiger charge is 2.17. The molecular weight excluding hydrogens is 336 g/mol. The average Bonchev–Trinajstić information content (AvgIpc) is 2.99. The smallest absolute Gasteiger partial charge is 0.253 e. The van der Waals surface area contributed by atoms with E-state index in [4.69, 9.17) is 4.74 Å². The lowest BCUT2D eigenvalue weighted by molar-refractivity contribution is 0.0820. The lowest BCUT2D eigenvalue weighted by atomic mass is 10.2. The van der Waals surface area contributed by atoms with Gasteiger partial charge in [0.2, 0.25) is 0 Å². The van der Waals surface area contributed by atoms with E-state index in [1.54, 1.807) is 17.5 Å². The molecule has 0 unspecified atom stereocenters. The minimum absolute atomic E-state index is 0.125. The molecule has 2 aromatic rings. The van der Waals surface area contributed by atoms with Crippen LogP contribution in [0.15, 0.2) is 23.7 Å². The molecule has 3 heterocycles. The van der Waals surface area contributed by atoms with E-state index in [1.807, 2.05) is 17.5 Å². The third kappa shape index (κ3) is 4.76. The number of aryl methyl sites for hydroxylation is 1. The van der Waals surface area contributed by atoms with Crippen LogP contribution >= 0.6 is 11.3 Å². The summed E-state index contributed by atoms with van der Waals surface area (Å²) in [6, 6.07) is 3.74. The first-order valence-corrected chi connectivity index (χ1v) is 9.57. The first kappa shape index (κ1) is 17.8. The maximum absolute atomic E-state index is 12.3. The summed E-state index contributed by atoms with van der Waals surface area (Å²) in [6.07, 6.45) is 3.73. The number of hydrogen-bond donors (Lipinski definition) is 1. The zero-order chi connectivity index (χ0) is 17.6. The summed E-state index contributed by atoms with van der Waals surface area (Å²) in [6.45, 7) is 7.13. The predicted molar refractivity (Wildman–Crippen MR) is 99.1 cm³/mol. The van der Waals surface area contributed by atoms with Crippen LogP contribution in [-0.2, 0) is 17.7 Å². The topological polar surface area (TPSA) is 67.4 Å². The lowest BCUT2D eigenvalue weighted by Gasteiger charge is -2.23. The summed E-state index contributed by atoms with van der Waals surface area (Å²) in [5, 5.41) is 5.86. The second-order valence-corrected chi connectivity index (χ2v) is 7.10. The van der Waals surface area contributed by atoms with Crippen LogP contribution in [0, 0.1) is 0 Å². The number of rotatable bonds is 5. The normalized spacial score (nSPS) is 18.0. The molecule has 1 amide bonds. The maximum Gasteiger partial charge on any atom is 0.253 e.